The van der Waals surface area contributed by atoms with Crippen molar-refractivity contribution in [2.45, 2.75) is 44.8 Å². The van der Waals surface area contributed by atoms with Crippen LogP contribution in [0, 0.1) is 5.82 Å². The first kappa shape index (κ1) is 18.7. The van der Waals surface area contributed by atoms with E-state index in [4.69, 9.17) is 4.74 Å². The number of carbonyl (C=O) groups is 1. The molecule has 2 N–H and O–H groups in total. The first-order chi connectivity index (χ1) is 11.6. The zero-order valence-corrected chi connectivity index (χ0v) is 14.2. The summed E-state index contributed by atoms with van der Waals surface area (Å²) < 4.78 is 18.4. The number of hydrogen-bond donors (Lipinski definition) is 2. The van der Waals surface area contributed by atoms with E-state index in [0.717, 1.165) is 25.8 Å². The molecule has 0 aliphatic carbocycles. The Bertz CT molecular complexity index is 527. The molecule has 1 aliphatic rings. The average Bonchev–Trinajstić information content (AvgIpc) is 2.58. The number of hydrogen-bond acceptors (Lipinski definition) is 4. The molecule has 1 amide bonds. The summed E-state index contributed by atoms with van der Waals surface area (Å²) in [5.74, 6) is 0.0293. The minimum atomic E-state index is -0.380. The Morgan fingerprint density at radius 2 is 2.33 bits per heavy atom. The van der Waals surface area contributed by atoms with E-state index in [0.29, 0.717) is 25.3 Å². The minimum absolute atomic E-state index is 0.0676. The molecule has 0 spiro atoms. The lowest BCUT2D eigenvalue weighted by Gasteiger charge is -2.37. The van der Waals surface area contributed by atoms with Crippen molar-refractivity contribution in [3.63, 3.8) is 0 Å². The monoisotopic (exact) mass is 338 g/mol. The maximum absolute atomic E-state index is 13.0. The van der Waals surface area contributed by atoms with Crippen molar-refractivity contribution < 1.29 is 19.0 Å². The van der Waals surface area contributed by atoms with Crippen molar-refractivity contribution in [2.24, 2.45) is 0 Å². The van der Waals surface area contributed by atoms with Crippen LogP contribution in [0.25, 0.3) is 0 Å². The summed E-state index contributed by atoms with van der Waals surface area (Å²) in [7, 11) is 0. The molecular formula is C18H27FN2O3. The Hall–Kier alpha value is -1.66. The molecule has 0 aromatic heterocycles. The number of nitrogens with zero attached hydrogens (tertiary/aromatic N) is 1. The summed E-state index contributed by atoms with van der Waals surface area (Å²) in [6.45, 7) is 3.75. The topological polar surface area (TPSA) is 61.8 Å². The normalized spacial score (nSPS) is 19.7. The van der Waals surface area contributed by atoms with Gasteiger partial charge in [-0.1, -0.05) is 19.4 Å². The van der Waals surface area contributed by atoms with E-state index in [1.165, 1.54) is 12.1 Å². The predicted molar refractivity (Wildman–Crippen MR) is 90.4 cm³/mol. The number of aliphatic hydroxyl groups is 1. The van der Waals surface area contributed by atoms with Gasteiger partial charge in [0.1, 0.15) is 18.2 Å². The molecule has 134 valence electrons. The number of likely N-dealkylation sites (tertiary alicyclic amines) is 1. The fourth-order valence-corrected chi connectivity index (χ4v) is 3.08. The number of aliphatic hydroxyl groups excluding tert-OH is 1. The Morgan fingerprint density at radius 3 is 3.08 bits per heavy atom. The van der Waals surface area contributed by atoms with Gasteiger partial charge in [-0.25, -0.2) is 4.39 Å². The van der Waals surface area contributed by atoms with E-state index in [9.17, 15) is 14.3 Å². The highest BCUT2D eigenvalue weighted by atomic mass is 19.1. The van der Waals surface area contributed by atoms with Crippen LogP contribution in [0.2, 0.25) is 0 Å². The second-order valence-electron chi connectivity index (χ2n) is 6.16. The molecule has 0 bridgehead atoms. The SMILES string of the molecule is CCC(O)C1CCCCN1CC(=O)NCCOc1cccc(F)c1. The minimum Gasteiger partial charge on any atom is -0.492 e. The third-order valence-corrected chi connectivity index (χ3v) is 4.36. The molecule has 6 heteroatoms. The molecule has 1 aromatic carbocycles. The summed E-state index contributed by atoms with van der Waals surface area (Å²) in [6, 6.07) is 5.99. The molecule has 2 unspecified atom stereocenters. The van der Waals surface area contributed by atoms with Crippen molar-refractivity contribution >= 4 is 5.91 Å². The van der Waals surface area contributed by atoms with Crippen LogP contribution in [0.4, 0.5) is 4.39 Å². The number of amides is 1. The molecule has 0 saturated carbocycles. The zero-order chi connectivity index (χ0) is 17.4. The van der Waals surface area contributed by atoms with E-state index in [2.05, 4.69) is 10.2 Å². The van der Waals surface area contributed by atoms with E-state index in [-0.39, 0.29) is 30.5 Å². The van der Waals surface area contributed by atoms with Crippen molar-refractivity contribution in [1.82, 2.24) is 10.2 Å². The van der Waals surface area contributed by atoms with Crippen LogP contribution < -0.4 is 10.1 Å². The van der Waals surface area contributed by atoms with Gasteiger partial charge in [-0.05, 0) is 37.9 Å². The third-order valence-electron chi connectivity index (χ3n) is 4.36. The molecular weight excluding hydrogens is 311 g/mol. The highest BCUT2D eigenvalue weighted by Gasteiger charge is 2.28. The third kappa shape index (κ3) is 5.76. The molecule has 2 atom stereocenters. The molecule has 0 radical (unpaired) electrons. The quantitative estimate of drug-likeness (QED) is 0.711. The van der Waals surface area contributed by atoms with Gasteiger partial charge in [0, 0.05) is 12.1 Å². The van der Waals surface area contributed by atoms with Crippen molar-refractivity contribution in [3.8, 4) is 5.75 Å². The van der Waals surface area contributed by atoms with Crippen LogP contribution >= 0.6 is 0 Å². The molecule has 1 aromatic rings. The van der Waals surface area contributed by atoms with Gasteiger partial charge in [0.15, 0.2) is 0 Å². The lowest BCUT2D eigenvalue weighted by atomic mass is 9.96. The Balaban J connectivity index is 1.70. The molecule has 1 saturated heterocycles. The highest BCUT2D eigenvalue weighted by Crippen LogP contribution is 2.20. The Labute approximate surface area is 142 Å². The van der Waals surface area contributed by atoms with Gasteiger partial charge in [-0.2, -0.15) is 0 Å². The van der Waals surface area contributed by atoms with Gasteiger partial charge in [-0.3, -0.25) is 9.69 Å². The largest absolute Gasteiger partial charge is 0.492 e. The van der Waals surface area contributed by atoms with E-state index in [1.807, 2.05) is 6.92 Å². The van der Waals surface area contributed by atoms with E-state index >= 15 is 0 Å². The number of halogens is 1. The van der Waals surface area contributed by atoms with E-state index < -0.39 is 0 Å². The predicted octanol–water partition coefficient (Wildman–Crippen LogP) is 1.95. The van der Waals surface area contributed by atoms with Crippen LogP contribution in [0.3, 0.4) is 0 Å². The Kier molecular flexibility index (Phi) is 7.46. The summed E-state index contributed by atoms with van der Waals surface area (Å²) in [5.41, 5.74) is 0. The fraction of sp³-hybridized carbons (Fsp3) is 0.611. The highest BCUT2D eigenvalue weighted by molar-refractivity contribution is 5.78. The van der Waals surface area contributed by atoms with Gasteiger partial charge in [-0.15, -0.1) is 0 Å². The number of ether oxygens (including phenoxy) is 1. The summed E-state index contributed by atoms with van der Waals surface area (Å²) in [6.07, 6.45) is 3.41. The second kappa shape index (κ2) is 9.59. The summed E-state index contributed by atoms with van der Waals surface area (Å²) in [4.78, 5) is 14.2. The van der Waals surface area contributed by atoms with Crippen molar-refractivity contribution in [2.75, 3.05) is 26.2 Å². The van der Waals surface area contributed by atoms with Gasteiger partial charge in [0.25, 0.3) is 0 Å². The van der Waals surface area contributed by atoms with Gasteiger partial charge < -0.3 is 15.2 Å². The number of piperidine rings is 1. The molecule has 24 heavy (non-hydrogen) atoms. The summed E-state index contributed by atoms with van der Waals surface area (Å²) >= 11 is 0. The van der Waals surface area contributed by atoms with Crippen LogP contribution in [-0.4, -0.2) is 54.3 Å². The maximum Gasteiger partial charge on any atom is 0.234 e. The number of carbonyl (C=O) groups excluding carboxylic acids is 1. The van der Waals surface area contributed by atoms with Crippen LogP contribution in [0.1, 0.15) is 32.6 Å². The number of benzene rings is 1. The van der Waals surface area contributed by atoms with Gasteiger partial charge in [0.2, 0.25) is 5.91 Å². The van der Waals surface area contributed by atoms with E-state index in [1.54, 1.807) is 12.1 Å². The first-order valence-corrected chi connectivity index (χ1v) is 8.67. The molecule has 1 aliphatic heterocycles. The standard InChI is InChI=1S/C18H27FN2O3/c1-2-17(22)16-8-3-4-10-21(16)13-18(23)20-9-11-24-15-7-5-6-14(19)12-15/h5-7,12,16-17,22H,2-4,8-11,13H2,1H3,(H,20,23). The lowest BCUT2D eigenvalue weighted by molar-refractivity contribution is -0.124. The van der Waals surface area contributed by atoms with Crippen LogP contribution in [0.15, 0.2) is 24.3 Å². The van der Waals surface area contributed by atoms with Gasteiger partial charge in [0.05, 0.1) is 19.2 Å². The second-order valence-corrected chi connectivity index (χ2v) is 6.16. The average molecular weight is 338 g/mol. The maximum atomic E-state index is 13.0. The lowest BCUT2D eigenvalue weighted by Crippen LogP contribution is -2.50. The number of nitrogens with one attached hydrogen (secondary N) is 1. The van der Waals surface area contributed by atoms with Crippen LogP contribution in [-0.2, 0) is 4.79 Å². The first-order valence-electron chi connectivity index (χ1n) is 8.67. The van der Waals surface area contributed by atoms with Gasteiger partial charge >= 0.3 is 0 Å². The molecule has 5 nitrogen and oxygen atoms in total. The van der Waals surface area contributed by atoms with Crippen molar-refractivity contribution in [3.05, 3.63) is 30.1 Å². The fourth-order valence-electron chi connectivity index (χ4n) is 3.08. The molecule has 2 rings (SSSR count). The molecule has 1 heterocycles. The smallest absolute Gasteiger partial charge is 0.234 e. The Morgan fingerprint density at radius 1 is 1.50 bits per heavy atom. The summed E-state index contributed by atoms with van der Waals surface area (Å²) in [5, 5.41) is 12.9. The van der Waals surface area contributed by atoms with Crippen molar-refractivity contribution in [1.29, 1.82) is 0 Å². The molecule has 1 fully saturated rings. The zero-order valence-electron chi connectivity index (χ0n) is 14.2. The number of rotatable bonds is 8. The van der Waals surface area contributed by atoms with Crippen LogP contribution in [0.5, 0.6) is 5.75 Å².